The average molecular weight is 202 g/mol. The Morgan fingerprint density at radius 1 is 1.53 bits per heavy atom. The number of nitrogens with zero attached hydrogens (tertiary/aromatic N) is 3. The zero-order valence-corrected chi connectivity index (χ0v) is 7.99. The minimum Gasteiger partial charge on any atom is -0.368 e. The number of hydrogen-bond donors (Lipinski definition) is 3. The normalized spacial score (nSPS) is 10.1. The van der Waals surface area contributed by atoms with E-state index >= 15 is 0 Å². The van der Waals surface area contributed by atoms with E-state index in [1.807, 2.05) is 0 Å². The van der Waals surface area contributed by atoms with Crippen LogP contribution in [-0.2, 0) is 0 Å². The number of aromatic nitrogens is 4. The summed E-state index contributed by atoms with van der Waals surface area (Å²) >= 11 is 0. The van der Waals surface area contributed by atoms with Crippen LogP contribution in [-0.4, -0.2) is 26.5 Å². The Kier molecular flexibility index (Phi) is 2.37. The van der Waals surface area contributed by atoms with Gasteiger partial charge < -0.3 is 16.0 Å². The molecule has 0 saturated heterocycles. The molecule has 0 aliphatic carbocycles. The first-order chi connectivity index (χ1) is 7.31. The highest BCUT2D eigenvalue weighted by molar-refractivity contribution is 5.83. The van der Waals surface area contributed by atoms with Crippen molar-refractivity contribution >= 4 is 22.9 Å². The number of hydrogen-bond acceptors (Lipinski definition) is 5. The van der Waals surface area contributed by atoms with Gasteiger partial charge >= 0.3 is 0 Å². The van der Waals surface area contributed by atoms with E-state index < -0.39 is 0 Å². The maximum absolute atomic E-state index is 5.53. The summed E-state index contributed by atoms with van der Waals surface area (Å²) in [4.78, 5) is 15.0. The van der Waals surface area contributed by atoms with Gasteiger partial charge in [-0.1, -0.05) is 0 Å². The van der Waals surface area contributed by atoms with Gasteiger partial charge in [-0.15, -0.1) is 12.3 Å². The Labute approximate surface area is 86.3 Å². The monoisotopic (exact) mass is 202 g/mol. The van der Waals surface area contributed by atoms with Crippen molar-refractivity contribution in [3.05, 3.63) is 6.33 Å². The average Bonchev–Trinajstić information content (AvgIpc) is 2.65. The second-order valence-electron chi connectivity index (χ2n) is 2.91. The third-order valence-electron chi connectivity index (χ3n) is 1.86. The van der Waals surface area contributed by atoms with E-state index in [0.29, 0.717) is 24.4 Å². The predicted molar refractivity (Wildman–Crippen MR) is 58.0 cm³/mol. The molecule has 0 unspecified atom stereocenters. The van der Waals surface area contributed by atoms with Crippen molar-refractivity contribution in [1.29, 1.82) is 0 Å². The highest BCUT2D eigenvalue weighted by atomic mass is 15.1. The third-order valence-corrected chi connectivity index (χ3v) is 1.86. The van der Waals surface area contributed by atoms with Crippen molar-refractivity contribution in [1.82, 2.24) is 19.9 Å². The van der Waals surface area contributed by atoms with Gasteiger partial charge in [0.05, 0.1) is 6.33 Å². The highest BCUT2D eigenvalue weighted by Gasteiger charge is 2.06. The van der Waals surface area contributed by atoms with Crippen LogP contribution < -0.4 is 11.1 Å². The van der Waals surface area contributed by atoms with Crippen molar-refractivity contribution < 1.29 is 0 Å². The molecule has 76 valence electrons. The first kappa shape index (κ1) is 9.27. The van der Waals surface area contributed by atoms with Crippen molar-refractivity contribution in [2.45, 2.75) is 6.42 Å². The first-order valence-electron chi connectivity index (χ1n) is 4.45. The number of terminal acetylenes is 1. The second kappa shape index (κ2) is 3.84. The lowest BCUT2D eigenvalue weighted by Crippen LogP contribution is -2.06. The molecule has 0 bridgehead atoms. The minimum absolute atomic E-state index is 0.192. The number of aromatic amines is 1. The zero-order valence-electron chi connectivity index (χ0n) is 7.99. The molecule has 15 heavy (non-hydrogen) atoms. The molecule has 0 aliphatic rings. The fourth-order valence-electron chi connectivity index (χ4n) is 1.23. The molecule has 0 aliphatic heterocycles. The number of rotatable bonds is 3. The van der Waals surface area contributed by atoms with Crippen LogP contribution in [0.3, 0.4) is 0 Å². The Balaban J connectivity index is 2.32. The van der Waals surface area contributed by atoms with Crippen molar-refractivity contribution in [2.75, 3.05) is 17.6 Å². The number of H-pyrrole nitrogens is 1. The van der Waals surface area contributed by atoms with E-state index in [1.165, 1.54) is 0 Å². The van der Waals surface area contributed by atoms with Gasteiger partial charge in [-0.3, -0.25) is 0 Å². The van der Waals surface area contributed by atoms with Gasteiger partial charge in [0.2, 0.25) is 5.95 Å². The van der Waals surface area contributed by atoms with Gasteiger partial charge in [0.25, 0.3) is 0 Å². The maximum Gasteiger partial charge on any atom is 0.224 e. The van der Waals surface area contributed by atoms with Crippen molar-refractivity contribution in [3.63, 3.8) is 0 Å². The number of nitrogen functional groups attached to an aromatic ring is 1. The molecular weight excluding hydrogens is 192 g/mol. The van der Waals surface area contributed by atoms with Gasteiger partial charge in [0, 0.05) is 13.0 Å². The summed E-state index contributed by atoms with van der Waals surface area (Å²) in [7, 11) is 0. The van der Waals surface area contributed by atoms with Gasteiger partial charge in [0.15, 0.2) is 11.5 Å². The number of anilines is 2. The molecular formula is C9H10N6. The number of imidazole rings is 1. The minimum atomic E-state index is 0.192. The molecule has 2 aromatic heterocycles. The SMILES string of the molecule is C#CCCNc1nc(N)nc2nc[nH]c12. The van der Waals surface area contributed by atoms with Crippen LogP contribution in [0.1, 0.15) is 6.42 Å². The van der Waals surface area contributed by atoms with E-state index in [2.05, 4.69) is 31.2 Å². The van der Waals surface area contributed by atoms with Gasteiger partial charge in [-0.05, 0) is 0 Å². The Bertz CT molecular complexity index is 509. The van der Waals surface area contributed by atoms with Gasteiger partial charge in [0.1, 0.15) is 5.52 Å². The molecule has 2 rings (SSSR count). The molecule has 6 heteroatoms. The van der Waals surface area contributed by atoms with E-state index in [4.69, 9.17) is 12.2 Å². The fraction of sp³-hybridized carbons (Fsp3) is 0.222. The Hall–Kier alpha value is -2.29. The Morgan fingerprint density at radius 3 is 3.20 bits per heavy atom. The van der Waals surface area contributed by atoms with Crippen LogP contribution >= 0.6 is 0 Å². The van der Waals surface area contributed by atoms with Crippen LogP contribution in [0.25, 0.3) is 11.2 Å². The molecule has 0 amide bonds. The molecule has 0 spiro atoms. The summed E-state index contributed by atoms with van der Waals surface area (Å²) in [6.07, 6.45) is 7.32. The zero-order chi connectivity index (χ0) is 10.7. The van der Waals surface area contributed by atoms with Gasteiger partial charge in [-0.25, -0.2) is 4.98 Å². The summed E-state index contributed by atoms with van der Waals surface area (Å²) in [5.74, 6) is 3.35. The second-order valence-corrected chi connectivity index (χ2v) is 2.91. The van der Waals surface area contributed by atoms with Gasteiger partial charge in [-0.2, -0.15) is 9.97 Å². The summed E-state index contributed by atoms with van der Waals surface area (Å²) in [6, 6.07) is 0. The lowest BCUT2D eigenvalue weighted by atomic mass is 10.4. The molecule has 0 fully saturated rings. The fourth-order valence-corrected chi connectivity index (χ4v) is 1.23. The Morgan fingerprint density at radius 2 is 2.40 bits per heavy atom. The molecule has 6 nitrogen and oxygen atoms in total. The molecule has 2 aromatic rings. The smallest absolute Gasteiger partial charge is 0.224 e. The van der Waals surface area contributed by atoms with Crippen molar-refractivity contribution in [3.8, 4) is 12.3 Å². The topological polar surface area (TPSA) is 92.5 Å². The summed E-state index contributed by atoms with van der Waals surface area (Å²) in [5.41, 5.74) is 6.82. The first-order valence-corrected chi connectivity index (χ1v) is 4.45. The lowest BCUT2D eigenvalue weighted by molar-refractivity contribution is 1.07. The lowest BCUT2D eigenvalue weighted by Gasteiger charge is -2.04. The quantitative estimate of drug-likeness (QED) is 0.494. The highest BCUT2D eigenvalue weighted by Crippen LogP contribution is 2.16. The molecule has 2 heterocycles. The predicted octanol–water partition coefficient (Wildman–Crippen LogP) is 0.370. The van der Waals surface area contributed by atoms with E-state index in [9.17, 15) is 0 Å². The third kappa shape index (κ3) is 1.81. The summed E-state index contributed by atoms with van der Waals surface area (Å²) in [6.45, 7) is 0.640. The number of fused-ring (bicyclic) bond motifs is 1. The molecule has 0 saturated carbocycles. The number of nitrogens with one attached hydrogen (secondary N) is 2. The van der Waals surface area contributed by atoms with Crippen LogP contribution in [0.15, 0.2) is 6.33 Å². The molecule has 4 N–H and O–H groups in total. The van der Waals surface area contributed by atoms with E-state index in [0.717, 1.165) is 5.52 Å². The molecule has 0 atom stereocenters. The van der Waals surface area contributed by atoms with E-state index in [1.54, 1.807) is 6.33 Å². The van der Waals surface area contributed by atoms with E-state index in [-0.39, 0.29) is 5.95 Å². The molecule has 0 radical (unpaired) electrons. The summed E-state index contributed by atoms with van der Waals surface area (Å²) in [5, 5.41) is 3.07. The van der Waals surface area contributed by atoms with Crippen LogP contribution in [0, 0.1) is 12.3 Å². The van der Waals surface area contributed by atoms with Crippen LogP contribution in [0.2, 0.25) is 0 Å². The van der Waals surface area contributed by atoms with Crippen LogP contribution in [0.4, 0.5) is 11.8 Å². The largest absolute Gasteiger partial charge is 0.368 e. The number of nitrogens with two attached hydrogens (primary N) is 1. The van der Waals surface area contributed by atoms with Crippen LogP contribution in [0.5, 0.6) is 0 Å². The maximum atomic E-state index is 5.53. The van der Waals surface area contributed by atoms with Crippen molar-refractivity contribution in [2.24, 2.45) is 0 Å². The molecule has 0 aromatic carbocycles. The standard InChI is InChI=1S/C9H10N6/c1-2-3-4-11-7-6-8(13-5-12-6)15-9(10)14-7/h1,5H,3-4H2,(H4,10,11,12,13,14,15). The summed E-state index contributed by atoms with van der Waals surface area (Å²) < 4.78 is 0.